The van der Waals surface area contributed by atoms with Crippen LogP contribution in [0.3, 0.4) is 0 Å². The van der Waals surface area contributed by atoms with E-state index in [9.17, 15) is 9.18 Å². The Morgan fingerprint density at radius 3 is 2.70 bits per heavy atom. The van der Waals surface area contributed by atoms with E-state index in [1.807, 2.05) is 18.4 Å². The van der Waals surface area contributed by atoms with Crippen LogP contribution in [-0.2, 0) is 4.79 Å². The molecule has 8 heteroatoms. The number of carbonyl (C=O) groups is 1. The molecule has 0 bridgehead atoms. The highest BCUT2D eigenvalue weighted by Crippen LogP contribution is 2.29. The van der Waals surface area contributed by atoms with E-state index in [1.54, 1.807) is 42.5 Å². The molecular weight excluding hydrogens is 387 g/mol. The van der Waals surface area contributed by atoms with Gasteiger partial charge in [-0.1, -0.05) is 41.6 Å². The van der Waals surface area contributed by atoms with E-state index < -0.39 is 0 Å². The standard InChI is InChI=1S/C19H18ClFN4OS/c1-12(2)25-18(15-8-3-4-9-16(15)21)23-24-19(25)27-11-17(26)22-14-7-5-6-13(20)10-14/h3-10,12H,11H2,1-2H3,(H,22,26). The van der Waals surface area contributed by atoms with Crippen LogP contribution in [0.4, 0.5) is 10.1 Å². The molecule has 0 spiro atoms. The first-order chi connectivity index (χ1) is 13.0. The van der Waals surface area contributed by atoms with Crippen LogP contribution in [0.15, 0.2) is 53.7 Å². The molecule has 1 aromatic heterocycles. The Kier molecular flexibility index (Phi) is 6.13. The molecule has 0 atom stereocenters. The summed E-state index contributed by atoms with van der Waals surface area (Å²) in [5.74, 6) is 0.0465. The first-order valence-electron chi connectivity index (χ1n) is 8.33. The first kappa shape index (κ1) is 19.4. The number of anilines is 1. The van der Waals surface area contributed by atoms with Gasteiger partial charge in [-0.3, -0.25) is 9.36 Å². The van der Waals surface area contributed by atoms with Gasteiger partial charge in [-0.25, -0.2) is 4.39 Å². The van der Waals surface area contributed by atoms with Crippen molar-refractivity contribution in [1.82, 2.24) is 14.8 Å². The van der Waals surface area contributed by atoms with Crippen molar-refractivity contribution in [1.29, 1.82) is 0 Å². The van der Waals surface area contributed by atoms with Gasteiger partial charge in [0.05, 0.1) is 11.3 Å². The number of hydrogen-bond acceptors (Lipinski definition) is 4. The average Bonchev–Trinajstić information content (AvgIpc) is 3.04. The molecule has 1 heterocycles. The second kappa shape index (κ2) is 8.54. The van der Waals surface area contributed by atoms with E-state index in [0.29, 0.717) is 27.3 Å². The van der Waals surface area contributed by atoms with Crippen molar-refractivity contribution >= 4 is 35.0 Å². The van der Waals surface area contributed by atoms with Crippen LogP contribution in [0.1, 0.15) is 19.9 Å². The Balaban J connectivity index is 1.75. The molecule has 3 rings (SSSR count). The van der Waals surface area contributed by atoms with Crippen molar-refractivity contribution in [2.24, 2.45) is 0 Å². The summed E-state index contributed by atoms with van der Waals surface area (Å²) >= 11 is 7.17. The molecule has 2 aromatic carbocycles. The third-order valence-electron chi connectivity index (χ3n) is 3.74. The van der Waals surface area contributed by atoms with Gasteiger partial charge in [-0.2, -0.15) is 0 Å². The number of hydrogen-bond donors (Lipinski definition) is 1. The number of amides is 1. The predicted molar refractivity (Wildman–Crippen MR) is 107 cm³/mol. The number of carbonyl (C=O) groups excluding carboxylic acids is 1. The lowest BCUT2D eigenvalue weighted by molar-refractivity contribution is -0.113. The minimum atomic E-state index is -0.359. The monoisotopic (exact) mass is 404 g/mol. The molecule has 0 saturated heterocycles. The van der Waals surface area contributed by atoms with E-state index in [-0.39, 0.29) is 23.5 Å². The summed E-state index contributed by atoms with van der Waals surface area (Å²) < 4.78 is 16.0. The Bertz CT molecular complexity index is 960. The van der Waals surface area contributed by atoms with Gasteiger partial charge in [0.1, 0.15) is 5.82 Å². The van der Waals surface area contributed by atoms with Gasteiger partial charge >= 0.3 is 0 Å². The minimum Gasteiger partial charge on any atom is -0.325 e. The zero-order valence-corrected chi connectivity index (χ0v) is 16.4. The van der Waals surface area contributed by atoms with Crippen LogP contribution in [0.5, 0.6) is 0 Å². The van der Waals surface area contributed by atoms with Crippen molar-refractivity contribution in [3.63, 3.8) is 0 Å². The molecule has 0 aliphatic carbocycles. The normalized spacial score (nSPS) is 11.0. The molecule has 1 amide bonds. The van der Waals surface area contributed by atoms with Crippen LogP contribution in [0, 0.1) is 5.82 Å². The molecule has 1 N–H and O–H groups in total. The van der Waals surface area contributed by atoms with Gasteiger partial charge in [0, 0.05) is 16.8 Å². The highest BCUT2D eigenvalue weighted by molar-refractivity contribution is 7.99. The highest BCUT2D eigenvalue weighted by Gasteiger charge is 2.19. The molecule has 0 saturated carbocycles. The van der Waals surface area contributed by atoms with Crippen LogP contribution in [0.25, 0.3) is 11.4 Å². The number of halogens is 2. The van der Waals surface area contributed by atoms with Crippen LogP contribution >= 0.6 is 23.4 Å². The number of rotatable bonds is 6. The van der Waals surface area contributed by atoms with Gasteiger partial charge in [0.25, 0.3) is 0 Å². The van der Waals surface area contributed by atoms with Crippen LogP contribution in [-0.4, -0.2) is 26.4 Å². The molecule has 0 aliphatic heterocycles. The summed E-state index contributed by atoms with van der Waals surface area (Å²) in [5, 5.41) is 12.2. The van der Waals surface area contributed by atoms with Crippen molar-refractivity contribution in [2.75, 3.05) is 11.1 Å². The highest BCUT2D eigenvalue weighted by atomic mass is 35.5. The quantitative estimate of drug-likeness (QED) is 0.584. The summed E-state index contributed by atoms with van der Waals surface area (Å²) in [6.07, 6.45) is 0. The van der Waals surface area contributed by atoms with E-state index in [0.717, 1.165) is 0 Å². The Morgan fingerprint density at radius 1 is 1.22 bits per heavy atom. The molecule has 0 unspecified atom stereocenters. The number of benzene rings is 2. The molecule has 27 heavy (non-hydrogen) atoms. The third-order valence-corrected chi connectivity index (χ3v) is 4.91. The van der Waals surface area contributed by atoms with E-state index >= 15 is 0 Å². The van der Waals surface area contributed by atoms with E-state index in [1.165, 1.54) is 17.8 Å². The molecule has 0 aliphatic rings. The van der Waals surface area contributed by atoms with Crippen molar-refractivity contribution < 1.29 is 9.18 Å². The summed E-state index contributed by atoms with van der Waals surface area (Å²) in [7, 11) is 0. The fourth-order valence-corrected chi connectivity index (χ4v) is 3.62. The fourth-order valence-electron chi connectivity index (χ4n) is 2.56. The maximum atomic E-state index is 14.2. The van der Waals surface area contributed by atoms with Gasteiger partial charge in [-0.05, 0) is 44.2 Å². The maximum Gasteiger partial charge on any atom is 0.234 e. The molecule has 3 aromatic rings. The topological polar surface area (TPSA) is 59.8 Å². The molecule has 0 radical (unpaired) electrons. The zero-order chi connectivity index (χ0) is 19.4. The smallest absolute Gasteiger partial charge is 0.234 e. The van der Waals surface area contributed by atoms with E-state index in [4.69, 9.17) is 11.6 Å². The lowest BCUT2D eigenvalue weighted by Gasteiger charge is -2.14. The second-order valence-electron chi connectivity index (χ2n) is 6.10. The van der Waals surface area contributed by atoms with Gasteiger partial charge in [0.2, 0.25) is 5.91 Å². The average molecular weight is 405 g/mol. The molecule has 5 nitrogen and oxygen atoms in total. The Labute approximate surface area is 166 Å². The fraction of sp³-hybridized carbons (Fsp3) is 0.211. The van der Waals surface area contributed by atoms with Crippen LogP contribution < -0.4 is 5.32 Å². The van der Waals surface area contributed by atoms with Crippen molar-refractivity contribution in [2.45, 2.75) is 25.0 Å². The van der Waals surface area contributed by atoms with Crippen molar-refractivity contribution in [3.8, 4) is 11.4 Å². The Morgan fingerprint density at radius 2 is 2.00 bits per heavy atom. The summed E-state index contributed by atoms with van der Waals surface area (Å²) in [5.41, 5.74) is 1.01. The summed E-state index contributed by atoms with van der Waals surface area (Å²) in [6.45, 7) is 3.92. The number of nitrogens with one attached hydrogen (secondary N) is 1. The first-order valence-corrected chi connectivity index (χ1v) is 9.70. The Hall–Kier alpha value is -2.38. The zero-order valence-electron chi connectivity index (χ0n) is 14.8. The van der Waals surface area contributed by atoms with Gasteiger partial charge < -0.3 is 5.32 Å². The molecule has 0 fully saturated rings. The lowest BCUT2D eigenvalue weighted by atomic mass is 10.2. The second-order valence-corrected chi connectivity index (χ2v) is 7.48. The number of aromatic nitrogens is 3. The minimum absolute atomic E-state index is 0.00750. The lowest BCUT2D eigenvalue weighted by Crippen LogP contribution is -2.15. The summed E-state index contributed by atoms with van der Waals surface area (Å²) in [6, 6.07) is 13.4. The summed E-state index contributed by atoms with van der Waals surface area (Å²) in [4.78, 5) is 12.2. The largest absolute Gasteiger partial charge is 0.325 e. The van der Waals surface area contributed by atoms with Gasteiger partial charge in [-0.15, -0.1) is 10.2 Å². The molecular formula is C19H18ClFN4OS. The predicted octanol–water partition coefficient (Wildman–Crippen LogP) is 5.05. The molecule has 140 valence electrons. The third kappa shape index (κ3) is 4.67. The number of thioether (sulfide) groups is 1. The maximum absolute atomic E-state index is 14.2. The SMILES string of the molecule is CC(C)n1c(SCC(=O)Nc2cccc(Cl)c2)nnc1-c1ccccc1F. The van der Waals surface area contributed by atoms with E-state index in [2.05, 4.69) is 15.5 Å². The number of nitrogens with zero attached hydrogens (tertiary/aromatic N) is 3. The van der Waals surface area contributed by atoms with Crippen LogP contribution in [0.2, 0.25) is 5.02 Å². The van der Waals surface area contributed by atoms with Crippen molar-refractivity contribution in [3.05, 3.63) is 59.4 Å². The van der Waals surface area contributed by atoms with Gasteiger partial charge in [0.15, 0.2) is 11.0 Å².